The van der Waals surface area contributed by atoms with Crippen LogP contribution in [0.3, 0.4) is 0 Å². The smallest absolute Gasteiger partial charge is 0.302 e. The van der Waals surface area contributed by atoms with E-state index in [1.807, 2.05) is 0 Å². The Balaban J connectivity index is 1.24. The number of benzene rings is 1. The van der Waals surface area contributed by atoms with Gasteiger partial charge in [-0.15, -0.1) is 0 Å². The zero-order valence-corrected chi connectivity index (χ0v) is 19.8. The Hall–Kier alpha value is -2.91. The van der Waals surface area contributed by atoms with Crippen molar-refractivity contribution in [2.24, 2.45) is 5.92 Å². The first-order valence-electron chi connectivity index (χ1n) is 11.4. The molecule has 3 aromatic rings. The third-order valence-corrected chi connectivity index (χ3v) is 7.45. The Morgan fingerprint density at radius 3 is 2.54 bits per heavy atom. The number of halogens is 4. The highest BCUT2D eigenvalue weighted by Crippen LogP contribution is 2.59. The standard InChI is InChI=1S/C25H24ClF3N4O2/c1-15-3-8-19(21(26)30-15)20-13-33(23(35)31-22(20)34)10-2-9-32-12-18-11-24(18,14-32)16-4-6-17(7-5-16)25(27,28)29/h3-8,13,18H,2,9-12,14H2,1H3,(H,31,34,35)/t18-,24+/m0/s1. The molecule has 1 aromatic carbocycles. The summed E-state index contributed by atoms with van der Waals surface area (Å²) in [6.07, 6.45) is -1.14. The van der Waals surface area contributed by atoms with Crippen LogP contribution in [-0.2, 0) is 18.1 Å². The second-order valence-corrected chi connectivity index (χ2v) is 9.87. The first kappa shape index (κ1) is 23.8. The molecule has 1 saturated carbocycles. The number of aromatic nitrogens is 3. The van der Waals surface area contributed by atoms with Crippen molar-refractivity contribution in [2.75, 3.05) is 19.6 Å². The van der Waals surface area contributed by atoms with E-state index >= 15 is 0 Å². The van der Waals surface area contributed by atoms with Crippen molar-refractivity contribution in [2.45, 2.75) is 37.9 Å². The fourth-order valence-electron chi connectivity index (χ4n) is 5.25. The van der Waals surface area contributed by atoms with Crippen molar-refractivity contribution >= 4 is 11.6 Å². The van der Waals surface area contributed by atoms with Gasteiger partial charge in [0.25, 0.3) is 5.56 Å². The van der Waals surface area contributed by atoms with Gasteiger partial charge in [-0.05, 0) is 62.1 Å². The molecular formula is C25H24ClF3N4O2. The number of alkyl halides is 3. The second kappa shape index (κ2) is 8.64. The summed E-state index contributed by atoms with van der Waals surface area (Å²) >= 11 is 6.22. The van der Waals surface area contributed by atoms with E-state index in [-0.39, 0.29) is 16.1 Å². The molecule has 0 bridgehead atoms. The van der Waals surface area contributed by atoms with Crippen LogP contribution in [0.15, 0.2) is 52.2 Å². The number of nitrogens with one attached hydrogen (secondary N) is 1. The topological polar surface area (TPSA) is 71.0 Å². The highest BCUT2D eigenvalue weighted by molar-refractivity contribution is 6.32. The molecule has 0 radical (unpaired) electrons. The third kappa shape index (κ3) is 4.54. The number of aryl methyl sites for hydroxylation is 2. The van der Waals surface area contributed by atoms with E-state index in [0.29, 0.717) is 24.4 Å². The fraction of sp³-hybridized carbons (Fsp3) is 0.400. The minimum atomic E-state index is -4.33. The SMILES string of the molecule is Cc1ccc(-c2cn(CCCN3C[C@@H]4C[C@]4(c4ccc(C(F)(F)F)cc4)C3)c(=O)[nH]c2=O)c(Cl)n1. The lowest BCUT2D eigenvalue weighted by Gasteiger charge is -2.21. The Labute approximate surface area is 204 Å². The van der Waals surface area contributed by atoms with Crippen molar-refractivity contribution in [1.82, 2.24) is 19.4 Å². The van der Waals surface area contributed by atoms with Gasteiger partial charge in [-0.25, -0.2) is 9.78 Å². The molecule has 3 heterocycles. The quantitative estimate of drug-likeness (QED) is 0.510. The van der Waals surface area contributed by atoms with Gasteiger partial charge >= 0.3 is 11.9 Å². The number of hydrogen-bond acceptors (Lipinski definition) is 4. The van der Waals surface area contributed by atoms with E-state index in [9.17, 15) is 22.8 Å². The number of rotatable bonds is 6. The molecule has 1 saturated heterocycles. The summed E-state index contributed by atoms with van der Waals surface area (Å²) in [5, 5.41) is 0.200. The molecule has 0 unspecified atom stereocenters. The van der Waals surface area contributed by atoms with Gasteiger partial charge in [0.1, 0.15) is 5.15 Å². The summed E-state index contributed by atoms with van der Waals surface area (Å²) in [5.41, 5.74) is 0.734. The number of H-pyrrole nitrogens is 1. The number of fused-ring (bicyclic) bond motifs is 1. The number of pyridine rings is 1. The summed E-state index contributed by atoms with van der Waals surface area (Å²) in [7, 11) is 0. The molecule has 2 aromatic heterocycles. The van der Waals surface area contributed by atoms with Gasteiger partial charge in [-0.2, -0.15) is 13.2 Å². The lowest BCUT2D eigenvalue weighted by molar-refractivity contribution is -0.137. The highest BCUT2D eigenvalue weighted by atomic mass is 35.5. The van der Waals surface area contributed by atoms with Crippen LogP contribution < -0.4 is 11.2 Å². The normalized spacial score (nSPS) is 21.8. The van der Waals surface area contributed by atoms with E-state index in [4.69, 9.17) is 11.6 Å². The molecule has 2 atom stereocenters. The molecule has 1 aliphatic heterocycles. The van der Waals surface area contributed by atoms with Gasteiger partial charge in [0, 0.05) is 42.5 Å². The van der Waals surface area contributed by atoms with E-state index in [2.05, 4.69) is 14.9 Å². The van der Waals surface area contributed by atoms with Gasteiger partial charge in [0.05, 0.1) is 11.1 Å². The van der Waals surface area contributed by atoms with Gasteiger partial charge < -0.3 is 4.90 Å². The van der Waals surface area contributed by atoms with Crippen LogP contribution >= 0.6 is 11.6 Å². The Kier molecular flexibility index (Phi) is 5.88. The predicted octanol–water partition coefficient (Wildman–Crippen LogP) is 4.24. The lowest BCUT2D eigenvalue weighted by Crippen LogP contribution is -2.32. The van der Waals surface area contributed by atoms with Crippen molar-refractivity contribution < 1.29 is 13.2 Å². The maximum absolute atomic E-state index is 12.9. The number of likely N-dealkylation sites (tertiary alicyclic amines) is 1. The van der Waals surface area contributed by atoms with Crippen molar-refractivity contribution in [3.05, 3.63) is 85.4 Å². The maximum Gasteiger partial charge on any atom is 0.416 e. The number of piperidine rings is 1. The van der Waals surface area contributed by atoms with Crippen LogP contribution in [0, 0.1) is 12.8 Å². The third-order valence-electron chi connectivity index (χ3n) is 7.17. The molecule has 0 spiro atoms. The number of nitrogens with zero attached hydrogens (tertiary/aromatic N) is 3. The van der Waals surface area contributed by atoms with E-state index in [1.165, 1.54) is 10.8 Å². The maximum atomic E-state index is 12.9. The summed E-state index contributed by atoms with van der Waals surface area (Å²) in [6, 6.07) is 9.01. The molecule has 2 fully saturated rings. The minimum absolute atomic E-state index is 0.0681. The zero-order chi connectivity index (χ0) is 25.0. The molecular weight excluding hydrogens is 481 g/mol. The molecule has 5 rings (SSSR count). The Morgan fingerprint density at radius 1 is 1.11 bits per heavy atom. The van der Waals surface area contributed by atoms with Crippen molar-refractivity contribution in [3.8, 4) is 11.1 Å². The number of aromatic amines is 1. The molecule has 2 aliphatic rings. The fourth-order valence-corrected chi connectivity index (χ4v) is 5.55. The van der Waals surface area contributed by atoms with E-state index < -0.39 is 23.0 Å². The summed E-state index contributed by atoms with van der Waals surface area (Å²) in [6.45, 7) is 4.63. The lowest BCUT2D eigenvalue weighted by atomic mass is 9.94. The molecule has 35 heavy (non-hydrogen) atoms. The predicted molar refractivity (Wildman–Crippen MR) is 127 cm³/mol. The summed E-state index contributed by atoms with van der Waals surface area (Å²) < 4.78 is 40.1. The molecule has 184 valence electrons. The summed E-state index contributed by atoms with van der Waals surface area (Å²) in [4.78, 5) is 33.6. The molecule has 0 amide bonds. The van der Waals surface area contributed by atoms with E-state index in [0.717, 1.165) is 49.4 Å². The van der Waals surface area contributed by atoms with Crippen LogP contribution in [0.25, 0.3) is 11.1 Å². The van der Waals surface area contributed by atoms with Crippen molar-refractivity contribution in [1.29, 1.82) is 0 Å². The van der Waals surface area contributed by atoms with Gasteiger partial charge in [0.2, 0.25) is 0 Å². The van der Waals surface area contributed by atoms with Gasteiger partial charge in [-0.1, -0.05) is 23.7 Å². The second-order valence-electron chi connectivity index (χ2n) is 9.51. The largest absolute Gasteiger partial charge is 0.416 e. The average Bonchev–Trinajstić information content (AvgIpc) is 3.36. The monoisotopic (exact) mass is 504 g/mol. The first-order chi connectivity index (χ1) is 16.6. The molecule has 1 aliphatic carbocycles. The highest BCUT2D eigenvalue weighted by Gasteiger charge is 2.60. The van der Waals surface area contributed by atoms with Crippen LogP contribution in [0.1, 0.15) is 29.7 Å². The molecule has 10 heteroatoms. The van der Waals surface area contributed by atoms with Gasteiger partial charge in [0.15, 0.2) is 0 Å². The average molecular weight is 505 g/mol. The zero-order valence-electron chi connectivity index (χ0n) is 19.0. The Morgan fingerprint density at radius 2 is 1.86 bits per heavy atom. The number of hydrogen-bond donors (Lipinski definition) is 1. The van der Waals surface area contributed by atoms with Crippen LogP contribution in [0.2, 0.25) is 5.15 Å². The first-order valence-corrected chi connectivity index (χ1v) is 11.8. The Bertz CT molecular complexity index is 1380. The van der Waals surface area contributed by atoms with Gasteiger partial charge in [-0.3, -0.25) is 14.3 Å². The van der Waals surface area contributed by atoms with Crippen molar-refractivity contribution in [3.63, 3.8) is 0 Å². The molecule has 1 N–H and O–H groups in total. The van der Waals surface area contributed by atoms with Crippen LogP contribution in [-0.4, -0.2) is 39.1 Å². The van der Waals surface area contributed by atoms with Crippen LogP contribution in [0.4, 0.5) is 13.2 Å². The minimum Gasteiger partial charge on any atom is -0.302 e. The molecule has 6 nitrogen and oxygen atoms in total. The summed E-state index contributed by atoms with van der Waals surface area (Å²) in [5.74, 6) is 0.442. The van der Waals surface area contributed by atoms with Crippen LogP contribution in [0.5, 0.6) is 0 Å². The van der Waals surface area contributed by atoms with E-state index in [1.54, 1.807) is 31.2 Å².